The van der Waals surface area contributed by atoms with Gasteiger partial charge in [0.05, 0.1) is 13.2 Å². The van der Waals surface area contributed by atoms with Crippen molar-refractivity contribution in [2.75, 3.05) is 44.8 Å². The van der Waals surface area contributed by atoms with Crippen LogP contribution in [0.1, 0.15) is 25.3 Å². The number of ether oxygens (including phenoxy) is 1. The molecule has 2 aliphatic heterocycles. The lowest BCUT2D eigenvalue weighted by Crippen LogP contribution is -2.53. The summed E-state index contributed by atoms with van der Waals surface area (Å²) in [5.74, 6) is 1.98. The molecule has 0 amide bonds. The number of nitrogens with zero attached hydrogens (tertiary/aromatic N) is 3. The molecule has 2 aliphatic rings. The molecule has 2 saturated heterocycles. The minimum Gasteiger partial charge on any atom is -0.380 e. The van der Waals surface area contributed by atoms with Crippen LogP contribution >= 0.6 is 0 Å². The summed E-state index contributed by atoms with van der Waals surface area (Å²) in [4.78, 5) is 11.3. The van der Waals surface area contributed by atoms with Crippen LogP contribution in [0, 0.1) is 12.3 Å². The van der Waals surface area contributed by atoms with Gasteiger partial charge in [0, 0.05) is 44.3 Å². The van der Waals surface area contributed by atoms with Crippen LogP contribution in [0.25, 0.3) is 0 Å². The highest BCUT2D eigenvalue weighted by Crippen LogP contribution is 2.25. The van der Waals surface area contributed by atoms with E-state index in [4.69, 9.17) is 4.74 Å². The first kappa shape index (κ1) is 17.0. The van der Waals surface area contributed by atoms with Crippen LogP contribution in [0.4, 0.5) is 5.82 Å². The van der Waals surface area contributed by atoms with E-state index in [0.717, 1.165) is 57.5 Å². The van der Waals surface area contributed by atoms with Gasteiger partial charge in [-0.15, -0.1) is 0 Å². The first-order chi connectivity index (χ1) is 11.6. The molecule has 2 fully saturated rings. The van der Waals surface area contributed by atoms with Crippen molar-refractivity contribution in [2.45, 2.75) is 32.7 Å². The molecule has 6 nitrogen and oxygen atoms in total. The van der Waals surface area contributed by atoms with Gasteiger partial charge >= 0.3 is 0 Å². The van der Waals surface area contributed by atoms with Crippen molar-refractivity contribution in [3.63, 3.8) is 0 Å². The molecule has 0 unspecified atom stereocenters. The number of guanidine groups is 1. The highest BCUT2D eigenvalue weighted by Gasteiger charge is 2.33. The molecule has 0 bridgehead atoms. The van der Waals surface area contributed by atoms with E-state index >= 15 is 0 Å². The number of pyridine rings is 1. The van der Waals surface area contributed by atoms with Gasteiger partial charge < -0.3 is 20.3 Å². The Kier molecular flexibility index (Phi) is 5.23. The quantitative estimate of drug-likeness (QED) is 0.648. The average Bonchev–Trinajstić information content (AvgIpc) is 2.58. The standard InChI is InChI=1S/C18H29N5O/c1-14-4-5-16(20-10-14)23-8-6-15(7-9-23)22-17(19-3)21-11-18(2)12-24-13-18/h4-5,10,15H,6-9,11-13H2,1-3H3,(H2,19,21,22). The zero-order chi connectivity index (χ0) is 17.0. The highest BCUT2D eigenvalue weighted by molar-refractivity contribution is 5.80. The Balaban J connectivity index is 1.44. The molecule has 1 aromatic rings. The SMILES string of the molecule is CN=C(NCC1(C)COC1)NC1CCN(c2ccc(C)cn2)CC1. The minimum absolute atomic E-state index is 0.248. The van der Waals surface area contributed by atoms with Crippen LogP contribution in [0.2, 0.25) is 0 Å². The molecule has 0 saturated carbocycles. The minimum atomic E-state index is 0.248. The van der Waals surface area contributed by atoms with Gasteiger partial charge in [0.15, 0.2) is 5.96 Å². The van der Waals surface area contributed by atoms with E-state index in [1.807, 2.05) is 13.2 Å². The van der Waals surface area contributed by atoms with Gasteiger partial charge in [-0.3, -0.25) is 4.99 Å². The van der Waals surface area contributed by atoms with Crippen molar-refractivity contribution < 1.29 is 4.74 Å². The second-order valence-electron chi connectivity index (χ2n) is 7.33. The number of nitrogens with one attached hydrogen (secondary N) is 2. The highest BCUT2D eigenvalue weighted by atomic mass is 16.5. The van der Waals surface area contributed by atoms with Crippen LogP contribution in [-0.4, -0.2) is 56.9 Å². The Morgan fingerprint density at radius 3 is 2.67 bits per heavy atom. The lowest BCUT2D eigenvalue weighted by atomic mass is 9.89. The molecule has 0 aromatic carbocycles. The number of piperidine rings is 1. The number of hydrogen-bond donors (Lipinski definition) is 2. The van der Waals surface area contributed by atoms with Crippen LogP contribution in [-0.2, 0) is 4.74 Å². The van der Waals surface area contributed by atoms with Crippen LogP contribution < -0.4 is 15.5 Å². The number of aliphatic imine (C=N–C) groups is 1. The molecule has 0 spiro atoms. The molecule has 3 rings (SSSR count). The molecule has 0 aliphatic carbocycles. The molecule has 0 atom stereocenters. The van der Waals surface area contributed by atoms with E-state index < -0.39 is 0 Å². The monoisotopic (exact) mass is 331 g/mol. The molecule has 3 heterocycles. The molecule has 6 heteroatoms. The summed E-state index contributed by atoms with van der Waals surface area (Å²) in [5, 5.41) is 7.00. The van der Waals surface area contributed by atoms with E-state index in [-0.39, 0.29) is 5.41 Å². The maximum absolute atomic E-state index is 5.30. The summed E-state index contributed by atoms with van der Waals surface area (Å²) >= 11 is 0. The van der Waals surface area contributed by atoms with Crippen molar-refractivity contribution in [1.82, 2.24) is 15.6 Å². The Labute approximate surface area is 144 Å². The van der Waals surface area contributed by atoms with Crippen molar-refractivity contribution in [3.8, 4) is 0 Å². The van der Waals surface area contributed by atoms with Gasteiger partial charge in [-0.2, -0.15) is 0 Å². The largest absolute Gasteiger partial charge is 0.380 e. The Morgan fingerprint density at radius 1 is 1.38 bits per heavy atom. The lowest BCUT2D eigenvalue weighted by molar-refractivity contribution is -0.0971. The van der Waals surface area contributed by atoms with Gasteiger partial charge in [-0.25, -0.2) is 4.98 Å². The van der Waals surface area contributed by atoms with Gasteiger partial charge in [-0.1, -0.05) is 13.0 Å². The molecule has 24 heavy (non-hydrogen) atoms. The van der Waals surface area contributed by atoms with Gasteiger partial charge in [0.25, 0.3) is 0 Å². The Hall–Kier alpha value is -1.82. The summed E-state index contributed by atoms with van der Waals surface area (Å²) in [7, 11) is 1.83. The maximum atomic E-state index is 5.30. The molecule has 0 radical (unpaired) electrons. The second-order valence-corrected chi connectivity index (χ2v) is 7.33. The fourth-order valence-electron chi connectivity index (χ4n) is 3.14. The smallest absolute Gasteiger partial charge is 0.191 e. The average molecular weight is 331 g/mol. The van der Waals surface area contributed by atoms with E-state index in [1.165, 1.54) is 5.56 Å². The number of aryl methyl sites for hydroxylation is 1. The van der Waals surface area contributed by atoms with Crippen LogP contribution in [0.15, 0.2) is 23.3 Å². The number of anilines is 1. The van der Waals surface area contributed by atoms with Gasteiger partial charge in [-0.05, 0) is 31.4 Å². The number of aromatic nitrogens is 1. The van der Waals surface area contributed by atoms with E-state index in [9.17, 15) is 0 Å². The second kappa shape index (κ2) is 7.38. The molecular weight excluding hydrogens is 302 g/mol. The fraction of sp³-hybridized carbons (Fsp3) is 0.667. The van der Waals surface area contributed by atoms with E-state index in [0.29, 0.717) is 6.04 Å². The van der Waals surface area contributed by atoms with E-state index in [1.54, 1.807) is 0 Å². The summed E-state index contributed by atoms with van der Waals surface area (Å²) < 4.78 is 5.30. The summed E-state index contributed by atoms with van der Waals surface area (Å²) in [6.07, 6.45) is 4.13. The van der Waals surface area contributed by atoms with Crippen molar-refractivity contribution in [2.24, 2.45) is 10.4 Å². The zero-order valence-corrected chi connectivity index (χ0v) is 15.0. The first-order valence-corrected chi connectivity index (χ1v) is 8.80. The predicted molar refractivity (Wildman–Crippen MR) is 97.6 cm³/mol. The number of hydrogen-bond acceptors (Lipinski definition) is 4. The predicted octanol–water partition coefficient (Wildman–Crippen LogP) is 1.56. The van der Waals surface area contributed by atoms with Gasteiger partial charge in [0.2, 0.25) is 0 Å². The summed E-state index contributed by atoms with van der Waals surface area (Å²) in [5.41, 5.74) is 1.45. The molecule has 2 N–H and O–H groups in total. The Morgan fingerprint density at radius 2 is 2.12 bits per heavy atom. The third-order valence-electron chi connectivity index (χ3n) is 4.86. The van der Waals surface area contributed by atoms with Crippen molar-refractivity contribution in [3.05, 3.63) is 23.9 Å². The topological polar surface area (TPSA) is 61.8 Å². The van der Waals surface area contributed by atoms with E-state index in [2.05, 4.69) is 51.5 Å². The summed E-state index contributed by atoms with van der Waals surface area (Å²) in [6, 6.07) is 4.71. The van der Waals surface area contributed by atoms with Gasteiger partial charge in [0.1, 0.15) is 5.82 Å². The normalized spacial score (nSPS) is 21.3. The van der Waals surface area contributed by atoms with Crippen LogP contribution in [0.3, 0.4) is 0 Å². The Bertz CT molecular complexity index is 559. The zero-order valence-electron chi connectivity index (χ0n) is 15.0. The molecule has 1 aromatic heterocycles. The summed E-state index contributed by atoms with van der Waals surface area (Å²) in [6.45, 7) is 8.93. The number of rotatable bonds is 4. The molecule has 132 valence electrons. The fourth-order valence-corrected chi connectivity index (χ4v) is 3.14. The third kappa shape index (κ3) is 4.17. The van der Waals surface area contributed by atoms with Crippen molar-refractivity contribution in [1.29, 1.82) is 0 Å². The van der Waals surface area contributed by atoms with Crippen LogP contribution in [0.5, 0.6) is 0 Å². The lowest BCUT2D eigenvalue weighted by Gasteiger charge is -2.39. The van der Waals surface area contributed by atoms with Crippen molar-refractivity contribution >= 4 is 11.8 Å². The molecular formula is C18H29N5O. The maximum Gasteiger partial charge on any atom is 0.191 e. The third-order valence-corrected chi connectivity index (χ3v) is 4.86. The first-order valence-electron chi connectivity index (χ1n) is 8.80.